The Balaban J connectivity index is 2.71. The van der Waals surface area contributed by atoms with Gasteiger partial charge in [-0.2, -0.15) is 18.3 Å². The summed E-state index contributed by atoms with van der Waals surface area (Å²) >= 11 is 5.37. The lowest BCUT2D eigenvalue weighted by Crippen LogP contribution is -2.06. The maximum absolute atomic E-state index is 12.3. The molecule has 2 rings (SSSR count). The van der Waals surface area contributed by atoms with Crippen LogP contribution in [0.1, 0.15) is 5.56 Å². The van der Waals surface area contributed by atoms with Crippen LogP contribution in [0.25, 0.3) is 11.0 Å². The van der Waals surface area contributed by atoms with Crippen molar-refractivity contribution in [2.45, 2.75) is 6.18 Å². The van der Waals surface area contributed by atoms with Gasteiger partial charge >= 0.3 is 6.18 Å². The number of nitrogens with one attached hydrogen (secondary N) is 1. The highest BCUT2D eigenvalue weighted by molar-refractivity contribution is 6.30. The van der Waals surface area contributed by atoms with E-state index in [0.29, 0.717) is 0 Å². The van der Waals surface area contributed by atoms with Gasteiger partial charge in [-0.1, -0.05) is 11.6 Å². The Kier molecular flexibility index (Phi) is 1.88. The largest absolute Gasteiger partial charge is 0.419 e. The molecule has 7 heteroatoms. The first-order valence-electron chi connectivity index (χ1n) is 3.55. The molecule has 1 N–H and O–H groups in total. The van der Waals surface area contributed by atoms with Crippen LogP contribution in [0.4, 0.5) is 13.2 Å². The van der Waals surface area contributed by atoms with Crippen molar-refractivity contribution in [1.82, 2.24) is 15.2 Å². The van der Waals surface area contributed by atoms with E-state index in [9.17, 15) is 13.2 Å². The number of rotatable bonds is 0. The minimum absolute atomic E-state index is 0.239. The smallest absolute Gasteiger partial charge is 0.261 e. The van der Waals surface area contributed by atoms with Crippen LogP contribution in [-0.4, -0.2) is 15.2 Å². The number of aromatic nitrogens is 3. The van der Waals surface area contributed by atoms with Crippen LogP contribution < -0.4 is 0 Å². The van der Waals surface area contributed by atoms with Crippen LogP contribution in [0, 0.1) is 0 Å². The topological polar surface area (TPSA) is 41.6 Å². The van der Waals surface area contributed by atoms with E-state index in [2.05, 4.69) is 15.2 Å². The molecule has 0 aliphatic rings. The summed E-state index contributed by atoms with van der Waals surface area (Å²) in [4.78, 5) is 3.53. The standard InChI is InChI=1S/C7H3ClF3N3/c8-5-4(7(9,10)11)1-3-2-12-14-6(3)13-5/h1-2H,(H,12,13,14). The highest BCUT2D eigenvalue weighted by Crippen LogP contribution is 2.34. The van der Waals surface area contributed by atoms with E-state index in [1.165, 1.54) is 6.20 Å². The predicted octanol–water partition coefficient (Wildman–Crippen LogP) is 2.63. The molecule has 0 aromatic carbocycles. The van der Waals surface area contributed by atoms with Gasteiger partial charge < -0.3 is 0 Å². The van der Waals surface area contributed by atoms with E-state index in [1.807, 2.05) is 0 Å². The number of hydrogen-bond acceptors (Lipinski definition) is 2. The van der Waals surface area contributed by atoms with Gasteiger partial charge in [0.1, 0.15) is 5.15 Å². The molecule has 0 spiro atoms. The van der Waals surface area contributed by atoms with Crippen LogP contribution in [0.3, 0.4) is 0 Å². The predicted molar refractivity (Wildman–Crippen MR) is 43.9 cm³/mol. The van der Waals surface area contributed by atoms with Crippen LogP contribution in [0.15, 0.2) is 12.3 Å². The van der Waals surface area contributed by atoms with Crippen molar-refractivity contribution in [3.63, 3.8) is 0 Å². The molecule has 2 aromatic rings. The molecular formula is C7H3ClF3N3. The molecule has 0 atom stereocenters. The third-order valence-electron chi connectivity index (χ3n) is 1.68. The minimum Gasteiger partial charge on any atom is -0.261 e. The van der Waals surface area contributed by atoms with Crippen LogP contribution in [-0.2, 0) is 6.18 Å². The fraction of sp³-hybridized carbons (Fsp3) is 0.143. The van der Waals surface area contributed by atoms with Crippen molar-refractivity contribution >= 4 is 22.6 Å². The first-order chi connectivity index (χ1) is 6.48. The Labute approximate surface area is 80.9 Å². The van der Waals surface area contributed by atoms with Gasteiger partial charge in [0.05, 0.1) is 11.8 Å². The average Bonchev–Trinajstić information content (AvgIpc) is 2.47. The zero-order valence-electron chi connectivity index (χ0n) is 6.56. The van der Waals surface area contributed by atoms with Crippen molar-refractivity contribution in [1.29, 1.82) is 0 Å². The van der Waals surface area contributed by atoms with Gasteiger partial charge in [0.25, 0.3) is 0 Å². The number of alkyl halides is 3. The zero-order valence-corrected chi connectivity index (χ0v) is 7.32. The fourth-order valence-corrected chi connectivity index (χ4v) is 1.30. The highest BCUT2D eigenvalue weighted by Gasteiger charge is 2.34. The summed E-state index contributed by atoms with van der Waals surface area (Å²) in [7, 11) is 0. The third-order valence-corrected chi connectivity index (χ3v) is 1.97. The van der Waals surface area contributed by atoms with E-state index in [1.54, 1.807) is 0 Å². The molecule has 0 radical (unpaired) electrons. The maximum atomic E-state index is 12.3. The summed E-state index contributed by atoms with van der Waals surface area (Å²) in [5.74, 6) is 0. The van der Waals surface area contributed by atoms with Gasteiger partial charge in [0.15, 0.2) is 5.65 Å². The number of halogens is 4. The lowest BCUT2D eigenvalue weighted by atomic mass is 10.2. The first kappa shape index (κ1) is 9.26. The molecule has 0 aliphatic heterocycles. The molecule has 0 aliphatic carbocycles. The van der Waals surface area contributed by atoms with Crippen LogP contribution in [0.5, 0.6) is 0 Å². The lowest BCUT2D eigenvalue weighted by molar-refractivity contribution is -0.137. The highest BCUT2D eigenvalue weighted by atomic mass is 35.5. The number of aromatic amines is 1. The zero-order chi connectivity index (χ0) is 10.3. The summed E-state index contributed by atoms with van der Waals surface area (Å²) < 4.78 is 37.0. The Bertz CT molecular complexity index is 476. The molecule has 0 saturated heterocycles. The Morgan fingerprint density at radius 2 is 2.07 bits per heavy atom. The Hall–Kier alpha value is -1.30. The average molecular weight is 222 g/mol. The van der Waals surface area contributed by atoms with E-state index in [4.69, 9.17) is 11.6 Å². The van der Waals surface area contributed by atoms with Gasteiger partial charge in [-0.25, -0.2) is 4.98 Å². The van der Waals surface area contributed by atoms with E-state index in [0.717, 1.165) is 6.07 Å². The van der Waals surface area contributed by atoms with Crippen molar-refractivity contribution < 1.29 is 13.2 Å². The second-order valence-corrected chi connectivity index (χ2v) is 2.99. The summed E-state index contributed by atoms with van der Waals surface area (Å²) in [5.41, 5.74) is -0.712. The minimum atomic E-state index is -4.49. The van der Waals surface area contributed by atoms with Crippen molar-refractivity contribution in [2.75, 3.05) is 0 Å². The number of fused-ring (bicyclic) bond motifs is 1. The SMILES string of the molecule is FC(F)(F)c1cc2cn[nH]c2nc1Cl. The number of hydrogen-bond donors (Lipinski definition) is 1. The third kappa shape index (κ3) is 1.41. The number of H-pyrrole nitrogens is 1. The monoisotopic (exact) mass is 221 g/mol. The van der Waals surface area contributed by atoms with Gasteiger partial charge in [-0.15, -0.1) is 0 Å². The summed E-state index contributed by atoms with van der Waals surface area (Å²) in [5, 5.41) is 5.68. The van der Waals surface area contributed by atoms with Gasteiger partial charge in [0, 0.05) is 5.39 Å². The van der Waals surface area contributed by atoms with E-state index >= 15 is 0 Å². The molecule has 3 nitrogen and oxygen atoms in total. The quantitative estimate of drug-likeness (QED) is 0.695. The summed E-state index contributed by atoms with van der Waals surface area (Å²) in [6.07, 6.45) is -3.23. The summed E-state index contributed by atoms with van der Waals surface area (Å²) in [6, 6.07) is 0.911. The van der Waals surface area contributed by atoms with Crippen molar-refractivity contribution in [3.8, 4) is 0 Å². The number of pyridine rings is 1. The Morgan fingerprint density at radius 3 is 2.71 bits per heavy atom. The molecule has 74 valence electrons. The lowest BCUT2D eigenvalue weighted by Gasteiger charge is -2.07. The van der Waals surface area contributed by atoms with E-state index < -0.39 is 16.9 Å². The summed E-state index contributed by atoms with van der Waals surface area (Å²) in [6.45, 7) is 0. The molecule has 14 heavy (non-hydrogen) atoms. The maximum Gasteiger partial charge on any atom is 0.419 e. The molecular weight excluding hydrogens is 219 g/mol. The fourth-order valence-electron chi connectivity index (χ4n) is 1.06. The normalized spacial score (nSPS) is 12.3. The second kappa shape index (κ2) is 2.84. The molecule has 0 saturated carbocycles. The molecule has 0 fully saturated rings. The van der Waals surface area contributed by atoms with Gasteiger partial charge in [-0.05, 0) is 6.07 Å². The van der Waals surface area contributed by atoms with Crippen LogP contribution in [0.2, 0.25) is 5.15 Å². The molecule has 2 aromatic heterocycles. The first-order valence-corrected chi connectivity index (χ1v) is 3.93. The van der Waals surface area contributed by atoms with Crippen molar-refractivity contribution in [3.05, 3.63) is 23.0 Å². The van der Waals surface area contributed by atoms with Gasteiger partial charge in [0.2, 0.25) is 0 Å². The molecule has 0 bridgehead atoms. The number of nitrogens with zero attached hydrogens (tertiary/aromatic N) is 2. The van der Waals surface area contributed by atoms with Crippen LogP contribution >= 0.6 is 11.6 Å². The van der Waals surface area contributed by atoms with Gasteiger partial charge in [-0.3, -0.25) is 5.10 Å². The second-order valence-electron chi connectivity index (χ2n) is 2.63. The Morgan fingerprint density at radius 1 is 1.36 bits per heavy atom. The van der Waals surface area contributed by atoms with E-state index in [-0.39, 0.29) is 11.0 Å². The van der Waals surface area contributed by atoms with Crippen molar-refractivity contribution in [2.24, 2.45) is 0 Å². The molecule has 0 unspecified atom stereocenters. The molecule has 2 heterocycles. The molecule has 0 amide bonds.